The number of amides is 2. The quantitative estimate of drug-likeness (QED) is 0.335. The van der Waals surface area contributed by atoms with Crippen LogP contribution in [0.2, 0.25) is 5.02 Å². The minimum absolute atomic E-state index is 0.230. The number of hydrogen-bond donors (Lipinski definition) is 0. The van der Waals surface area contributed by atoms with Gasteiger partial charge in [0.2, 0.25) is 0 Å². The van der Waals surface area contributed by atoms with Gasteiger partial charge in [0.1, 0.15) is 12.4 Å². The number of benzene rings is 3. The second-order valence-electron chi connectivity index (χ2n) is 6.85. The van der Waals surface area contributed by atoms with Crippen LogP contribution >= 0.6 is 39.3 Å². The molecule has 3 aromatic rings. The summed E-state index contributed by atoms with van der Waals surface area (Å²) in [7, 11) is 0. The molecule has 0 N–H and O–H groups in total. The molecule has 0 unspecified atom stereocenters. The van der Waals surface area contributed by atoms with Crippen LogP contribution < -0.4 is 4.74 Å². The molecule has 2 amide bonds. The Balaban J connectivity index is 1.46. The predicted octanol–water partition coefficient (Wildman–Crippen LogP) is 6.92. The van der Waals surface area contributed by atoms with E-state index in [1.165, 1.54) is 4.90 Å². The van der Waals surface area contributed by atoms with Gasteiger partial charge in [0.05, 0.1) is 11.4 Å². The van der Waals surface area contributed by atoms with Gasteiger partial charge in [0, 0.05) is 9.50 Å². The third kappa shape index (κ3) is 5.39. The fourth-order valence-electron chi connectivity index (χ4n) is 3.03. The molecule has 0 aliphatic carbocycles. The molecule has 156 valence electrons. The first-order valence-corrected chi connectivity index (χ1v) is 11.4. The standard InChI is InChI=1S/C24H17BrClNO3S/c25-21-7-2-1-5-18(21)14-27-23(28)22(31-24(27)29)13-17-4-3-6-20(12-17)30-15-16-8-10-19(26)11-9-16/h1-13H,14-15H2/b22-13+. The van der Waals surface area contributed by atoms with Gasteiger partial charge in [0.25, 0.3) is 11.1 Å². The molecule has 4 rings (SSSR count). The highest BCUT2D eigenvalue weighted by molar-refractivity contribution is 9.10. The molecular weight excluding hydrogens is 498 g/mol. The van der Waals surface area contributed by atoms with Gasteiger partial charge in [-0.3, -0.25) is 14.5 Å². The summed E-state index contributed by atoms with van der Waals surface area (Å²) in [6, 6.07) is 22.4. The van der Waals surface area contributed by atoms with E-state index < -0.39 is 0 Å². The van der Waals surface area contributed by atoms with E-state index >= 15 is 0 Å². The first-order chi connectivity index (χ1) is 15.0. The number of carbonyl (C=O) groups is 2. The Morgan fingerprint density at radius 3 is 2.55 bits per heavy atom. The topological polar surface area (TPSA) is 46.6 Å². The summed E-state index contributed by atoms with van der Waals surface area (Å²) in [6.07, 6.45) is 1.72. The van der Waals surface area contributed by atoms with E-state index in [2.05, 4.69) is 15.9 Å². The van der Waals surface area contributed by atoms with E-state index in [-0.39, 0.29) is 17.7 Å². The zero-order chi connectivity index (χ0) is 21.8. The van der Waals surface area contributed by atoms with Crippen LogP contribution in [0.15, 0.2) is 82.2 Å². The predicted molar refractivity (Wildman–Crippen MR) is 128 cm³/mol. The molecule has 0 saturated carbocycles. The smallest absolute Gasteiger partial charge is 0.293 e. The fraction of sp³-hybridized carbons (Fsp3) is 0.0833. The minimum Gasteiger partial charge on any atom is -0.489 e. The maximum Gasteiger partial charge on any atom is 0.293 e. The van der Waals surface area contributed by atoms with E-state index in [1.807, 2.05) is 72.8 Å². The van der Waals surface area contributed by atoms with E-state index in [9.17, 15) is 9.59 Å². The van der Waals surface area contributed by atoms with Gasteiger partial charge >= 0.3 is 0 Å². The number of carbonyl (C=O) groups excluding carboxylic acids is 2. The monoisotopic (exact) mass is 513 g/mol. The fourth-order valence-corrected chi connectivity index (χ4v) is 4.40. The lowest BCUT2D eigenvalue weighted by Crippen LogP contribution is -2.27. The van der Waals surface area contributed by atoms with Gasteiger partial charge in [-0.15, -0.1) is 0 Å². The zero-order valence-corrected chi connectivity index (χ0v) is 19.4. The van der Waals surface area contributed by atoms with Crippen molar-refractivity contribution in [3.8, 4) is 5.75 Å². The normalized spacial score (nSPS) is 15.0. The van der Waals surface area contributed by atoms with Crippen LogP contribution in [0, 0.1) is 0 Å². The summed E-state index contributed by atoms with van der Waals surface area (Å²) in [5.74, 6) is 0.384. The lowest BCUT2D eigenvalue weighted by molar-refractivity contribution is -0.123. The Morgan fingerprint density at radius 1 is 1.00 bits per heavy atom. The number of ether oxygens (including phenoxy) is 1. The number of imide groups is 1. The average Bonchev–Trinajstić information content (AvgIpc) is 3.02. The Labute approximate surface area is 198 Å². The summed E-state index contributed by atoms with van der Waals surface area (Å²) in [6.45, 7) is 0.636. The Kier molecular flexibility index (Phi) is 6.80. The molecule has 31 heavy (non-hydrogen) atoms. The van der Waals surface area contributed by atoms with E-state index in [0.717, 1.165) is 32.9 Å². The van der Waals surface area contributed by atoms with Gasteiger partial charge < -0.3 is 4.74 Å². The second-order valence-corrected chi connectivity index (χ2v) is 9.13. The second kappa shape index (κ2) is 9.73. The Hall–Kier alpha value is -2.54. The highest BCUT2D eigenvalue weighted by atomic mass is 79.9. The van der Waals surface area contributed by atoms with Crippen LogP contribution in [0.25, 0.3) is 6.08 Å². The summed E-state index contributed by atoms with van der Waals surface area (Å²) in [5.41, 5.74) is 2.67. The van der Waals surface area contributed by atoms with Crippen molar-refractivity contribution in [2.24, 2.45) is 0 Å². The maximum atomic E-state index is 12.8. The number of thioether (sulfide) groups is 1. The van der Waals surface area contributed by atoms with Crippen LogP contribution in [-0.4, -0.2) is 16.0 Å². The molecule has 1 saturated heterocycles. The maximum absolute atomic E-state index is 12.8. The SMILES string of the molecule is O=C1S/C(=C/c2cccc(OCc3ccc(Cl)cc3)c2)C(=O)N1Cc1ccccc1Br. The zero-order valence-electron chi connectivity index (χ0n) is 16.3. The van der Waals surface area contributed by atoms with E-state index in [0.29, 0.717) is 22.3 Å². The lowest BCUT2D eigenvalue weighted by atomic mass is 10.2. The molecule has 0 bridgehead atoms. The van der Waals surface area contributed by atoms with Crippen molar-refractivity contribution in [2.75, 3.05) is 0 Å². The van der Waals surface area contributed by atoms with Crippen LogP contribution in [0.1, 0.15) is 16.7 Å². The van der Waals surface area contributed by atoms with Crippen molar-refractivity contribution in [3.63, 3.8) is 0 Å². The van der Waals surface area contributed by atoms with Crippen LogP contribution in [0.5, 0.6) is 5.75 Å². The molecule has 7 heteroatoms. The number of nitrogens with zero attached hydrogens (tertiary/aromatic N) is 1. The third-order valence-corrected chi connectivity index (χ3v) is 6.57. The molecular formula is C24H17BrClNO3S. The van der Waals surface area contributed by atoms with Crippen LogP contribution in [-0.2, 0) is 17.9 Å². The van der Waals surface area contributed by atoms with Gasteiger partial charge in [-0.1, -0.05) is 70.0 Å². The number of hydrogen-bond acceptors (Lipinski definition) is 4. The molecule has 1 heterocycles. The van der Waals surface area contributed by atoms with E-state index in [1.54, 1.807) is 6.08 Å². The summed E-state index contributed by atoms with van der Waals surface area (Å²) >= 11 is 10.3. The first-order valence-electron chi connectivity index (χ1n) is 9.46. The Morgan fingerprint density at radius 2 is 1.77 bits per heavy atom. The van der Waals surface area contributed by atoms with Crippen molar-refractivity contribution < 1.29 is 14.3 Å². The van der Waals surface area contributed by atoms with E-state index in [4.69, 9.17) is 16.3 Å². The van der Waals surface area contributed by atoms with Crippen molar-refractivity contribution in [1.82, 2.24) is 4.90 Å². The summed E-state index contributed by atoms with van der Waals surface area (Å²) in [4.78, 5) is 26.9. The lowest BCUT2D eigenvalue weighted by Gasteiger charge is -2.13. The molecule has 0 spiro atoms. The van der Waals surface area contributed by atoms with Crippen LogP contribution in [0.4, 0.5) is 4.79 Å². The molecule has 4 nitrogen and oxygen atoms in total. The Bertz CT molecular complexity index is 1160. The molecule has 1 aliphatic rings. The van der Waals surface area contributed by atoms with Gasteiger partial charge in [-0.25, -0.2) is 0 Å². The highest BCUT2D eigenvalue weighted by Crippen LogP contribution is 2.34. The summed E-state index contributed by atoms with van der Waals surface area (Å²) < 4.78 is 6.72. The first kappa shape index (κ1) is 21.7. The van der Waals surface area contributed by atoms with Gasteiger partial charge in [0.15, 0.2) is 0 Å². The third-order valence-electron chi connectivity index (χ3n) is 4.63. The molecule has 0 aromatic heterocycles. The highest BCUT2D eigenvalue weighted by Gasteiger charge is 2.35. The molecule has 0 atom stereocenters. The molecule has 3 aromatic carbocycles. The summed E-state index contributed by atoms with van der Waals surface area (Å²) in [5, 5.41) is 0.404. The van der Waals surface area contributed by atoms with Gasteiger partial charge in [-0.05, 0) is 64.9 Å². The average molecular weight is 515 g/mol. The van der Waals surface area contributed by atoms with Crippen molar-refractivity contribution in [2.45, 2.75) is 13.2 Å². The molecule has 1 aliphatic heterocycles. The minimum atomic E-state index is -0.293. The van der Waals surface area contributed by atoms with Crippen molar-refractivity contribution in [3.05, 3.63) is 104 Å². The van der Waals surface area contributed by atoms with Crippen molar-refractivity contribution in [1.29, 1.82) is 0 Å². The molecule has 0 radical (unpaired) electrons. The number of halogens is 2. The van der Waals surface area contributed by atoms with Crippen molar-refractivity contribution >= 4 is 56.5 Å². The van der Waals surface area contributed by atoms with Gasteiger partial charge in [-0.2, -0.15) is 0 Å². The van der Waals surface area contributed by atoms with Crippen LogP contribution in [0.3, 0.4) is 0 Å². The number of rotatable bonds is 6. The largest absolute Gasteiger partial charge is 0.489 e. The molecule has 1 fully saturated rings.